The van der Waals surface area contributed by atoms with Crippen molar-refractivity contribution in [1.29, 1.82) is 0 Å². The van der Waals surface area contributed by atoms with Crippen LogP contribution >= 0.6 is 0 Å². The summed E-state index contributed by atoms with van der Waals surface area (Å²) in [4.78, 5) is 22.9. The van der Waals surface area contributed by atoms with E-state index in [1.54, 1.807) is 0 Å². The first-order valence-corrected chi connectivity index (χ1v) is 5.74. The van der Waals surface area contributed by atoms with E-state index in [1.807, 2.05) is 20.8 Å². The molecule has 0 radical (unpaired) electrons. The number of fused-ring (bicyclic) bond motifs is 1. The Bertz CT molecular complexity index is 360. The molecular weight excluding hydrogens is 208 g/mol. The Labute approximate surface area is 94.7 Å². The molecule has 0 spiro atoms. The molecule has 4 nitrogen and oxygen atoms in total. The molecule has 0 bridgehead atoms. The average molecular weight is 226 g/mol. The molecule has 0 aliphatic heterocycles. The highest BCUT2D eigenvalue weighted by Gasteiger charge is 2.81. The summed E-state index contributed by atoms with van der Waals surface area (Å²) in [5, 5.41) is 18.7. The van der Waals surface area contributed by atoms with E-state index in [-0.39, 0.29) is 17.3 Å². The maximum absolute atomic E-state index is 11.5. The van der Waals surface area contributed by atoms with Crippen molar-refractivity contribution in [2.75, 3.05) is 0 Å². The van der Waals surface area contributed by atoms with Crippen LogP contribution in [-0.2, 0) is 9.59 Å². The Hall–Kier alpha value is -1.06. The number of carbonyl (C=O) groups is 2. The van der Waals surface area contributed by atoms with Crippen LogP contribution in [0.15, 0.2) is 0 Å². The minimum atomic E-state index is -1.03. The zero-order chi connectivity index (χ0) is 12.3. The summed E-state index contributed by atoms with van der Waals surface area (Å²) in [6.45, 7) is 5.63. The van der Waals surface area contributed by atoms with Gasteiger partial charge in [-0.3, -0.25) is 9.59 Å². The van der Waals surface area contributed by atoms with Gasteiger partial charge in [-0.2, -0.15) is 0 Å². The van der Waals surface area contributed by atoms with Gasteiger partial charge >= 0.3 is 11.9 Å². The molecule has 90 valence electrons. The first-order chi connectivity index (χ1) is 7.27. The van der Waals surface area contributed by atoms with Crippen LogP contribution in [-0.4, -0.2) is 22.2 Å². The topological polar surface area (TPSA) is 74.6 Å². The number of hydrogen-bond acceptors (Lipinski definition) is 2. The van der Waals surface area contributed by atoms with Gasteiger partial charge in [0.1, 0.15) is 0 Å². The number of carboxylic acid groups (broad SMARTS) is 2. The normalized spacial score (nSPS) is 44.6. The van der Waals surface area contributed by atoms with Gasteiger partial charge in [0.25, 0.3) is 0 Å². The lowest BCUT2D eigenvalue weighted by molar-refractivity contribution is -0.162. The minimum absolute atomic E-state index is 0.0230. The fraction of sp³-hybridized carbons (Fsp3) is 0.833. The number of hydrogen-bond donors (Lipinski definition) is 2. The highest BCUT2D eigenvalue weighted by Crippen LogP contribution is 2.77. The molecule has 0 heterocycles. The van der Waals surface area contributed by atoms with Crippen molar-refractivity contribution in [3.63, 3.8) is 0 Å². The third kappa shape index (κ3) is 1.00. The molecule has 16 heavy (non-hydrogen) atoms. The van der Waals surface area contributed by atoms with Gasteiger partial charge in [-0.25, -0.2) is 0 Å². The fourth-order valence-electron chi connectivity index (χ4n) is 4.15. The summed E-state index contributed by atoms with van der Waals surface area (Å²) >= 11 is 0. The van der Waals surface area contributed by atoms with Crippen molar-refractivity contribution >= 4 is 11.9 Å². The van der Waals surface area contributed by atoms with Crippen molar-refractivity contribution in [1.82, 2.24) is 0 Å². The predicted octanol–water partition coefficient (Wildman–Crippen LogP) is 1.84. The van der Waals surface area contributed by atoms with Crippen LogP contribution in [0.25, 0.3) is 0 Å². The summed E-state index contributed by atoms with van der Waals surface area (Å²) in [7, 11) is 0. The molecule has 4 heteroatoms. The molecule has 0 amide bonds. The van der Waals surface area contributed by atoms with Gasteiger partial charge in [-0.05, 0) is 30.1 Å². The highest BCUT2D eigenvalue weighted by molar-refractivity contribution is 5.88. The van der Waals surface area contributed by atoms with E-state index in [2.05, 4.69) is 0 Å². The number of carboxylic acids is 2. The monoisotopic (exact) mass is 226 g/mol. The van der Waals surface area contributed by atoms with Crippen LogP contribution in [0.3, 0.4) is 0 Å². The van der Waals surface area contributed by atoms with Crippen molar-refractivity contribution < 1.29 is 19.8 Å². The van der Waals surface area contributed by atoms with Gasteiger partial charge in [0, 0.05) is 0 Å². The van der Waals surface area contributed by atoms with E-state index < -0.39 is 23.3 Å². The van der Waals surface area contributed by atoms with Crippen molar-refractivity contribution in [2.45, 2.75) is 33.6 Å². The van der Waals surface area contributed by atoms with Crippen LogP contribution in [0, 0.1) is 28.6 Å². The summed E-state index contributed by atoms with van der Waals surface area (Å²) in [6.07, 6.45) is 1.66. The Balaban J connectivity index is 2.49. The van der Waals surface area contributed by atoms with Crippen molar-refractivity contribution in [2.24, 2.45) is 28.6 Å². The van der Waals surface area contributed by atoms with Crippen molar-refractivity contribution in [3.05, 3.63) is 0 Å². The SMILES string of the molecule is CC1CCC2C(C)(C)C2(C(=O)O)C1C(=O)O. The first kappa shape index (κ1) is 11.4. The molecule has 2 saturated carbocycles. The Kier molecular flexibility index (Phi) is 2.14. The Morgan fingerprint density at radius 3 is 2.12 bits per heavy atom. The summed E-state index contributed by atoms with van der Waals surface area (Å²) in [6, 6.07) is 0. The molecule has 2 fully saturated rings. The lowest BCUT2D eigenvalue weighted by atomic mass is 9.70. The van der Waals surface area contributed by atoms with E-state index in [0.717, 1.165) is 12.8 Å². The lowest BCUT2D eigenvalue weighted by Gasteiger charge is -2.31. The Morgan fingerprint density at radius 2 is 1.75 bits per heavy atom. The van der Waals surface area contributed by atoms with E-state index >= 15 is 0 Å². The average Bonchev–Trinajstić information content (AvgIpc) is 2.63. The summed E-state index contributed by atoms with van der Waals surface area (Å²) in [5.74, 6) is -2.65. The minimum Gasteiger partial charge on any atom is -0.481 e. The molecule has 2 aliphatic carbocycles. The summed E-state index contributed by atoms with van der Waals surface area (Å²) < 4.78 is 0. The first-order valence-electron chi connectivity index (χ1n) is 5.74. The number of rotatable bonds is 2. The van der Waals surface area contributed by atoms with Gasteiger partial charge in [0.2, 0.25) is 0 Å². The van der Waals surface area contributed by atoms with Crippen LogP contribution < -0.4 is 0 Å². The molecular formula is C12H18O4. The Morgan fingerprint density at radius 1 is 1.19 bits per heavy atom. The molecule has 2 rings (SSSR count). The standard InChI is InChI=1S/C12H18O4/c1-6-4-5-7-11(2,3)12(7,10(15)16)8(6)9(13)14/h6-8H,4-5H2,1-3H3,(H,13,14)(H,15,16). The van der Waals surface area contributed by atoms with Crippen LogP contribution in [0.2, 0.25) is 0 Å². The van der Waals surface area contributed by atoms with Crippen LogP contribution in [0.4, 0.5) is 0 Å². The molecule has 0 aromatic heterocycles. The quantitative estimate of drug-likeness (QED) is 0.753. The van der Waals surface area contributed by atoms with Gasteiger partial charge in [-0.15, -0.1) is 0 Å². The van der Waals surface area contributed by atoms with Gasteiger partial charge in [-0.1, -0.05) is 20.8 Å². The molecule has 4 unspecified atom stereocenters. The second kappa shape index (κ2) is 2.99. The zero-order valence-corrected chi connectivity index (χ0v) is 9.86. The van der Waals surface area contributed by atoms with Crippen molar-refractivity contribution in [3.8, 4) is 0 Å². The molecule has 4 atom stereocenters. The van der Waals surface area contributed by atoms with Gasteiger partial charge < -0.3 is 10.2 Å². The molecule has 0 aromatic carbocycles. The summed E-state index contributed by atoms with van der Waals surface area (Å²) in [5.41, 5.74) is -1.41. The van der Waals surface area contributed by atoms with E-state index in [0.29, 0.717) is 0 Å². The highest BCUT2D eigenvalue weighted by atomic mass is 16.4. The van der Waals surface area contributed by atoms with Gasteiger partial charge in [0.15, 0.2) is 0 Å². The second-order valence-corrected chi connectivity index (χ2v) is 5.82. The van der Waals surface area contributed by atoms with Gasteiger partial charge in [0.05, 0.1) is 11.3 Å². The second-order valence-electron chi connectivity index (χ2n) is 5.82. The zero-order valence-electron chi connectivity index (χ0n) is 9.86. The smallest absolute Gasteiger partial charge is 0.311 e. The van der Waals surface area contributed by atoms with E-state index in [4.69, 9.17) is 0 Å². The molecule has 0 aromatic rings. The molecule has 2 aliphatic rings. The molecule has 0 saturated heterocycles. The molecule has 2 N–H and O–H groups in total. The number of aliphatic carboxylic acids is 2. The van der Waals surface area contributed by atoms with E-state index in [1.165, 1.54) is 0 Å². The third-order valence-corrected chi connectivity index (χ3v) is 4.99. The van der Waals surface area contributed by atoms with Crippen LogP contribution in [0.1, 0.15) is 33.6 Å². The largest absolute Gasteiger partial charge is 0.481 e. The lowest BCUT2D eigenvalue weighted by Crippen LogP contribution is -2.41. The fourth-order valence-corrected chi connectivity index (χ4v) is 4.15. The van der Waals surface area contributed by atoms with Crippen LogP contribution in [0.5, 0.6) is 0 Å². The maximum atomic E-state index is 11.5. The predicted molar refractivity (Wildman–Crippen MR) is 56.9 cm³/mol. The van der Waals surface area contributed by atoms with E-state index in [9.17, 15) is 19.8 Å². The maximum Gasteiger partial charge on any atom is 0.311 e. The third-order valence-electron chi connectivity index (χ3n) is 4.99.